The lowest BCUT2D eigenvalue weighted by atomic mass is 10.2. The van der Waals surface area contributed by atoms with Gasteiger partial charge in [0.05, 0.1) is 0 Å². The first-order valence-electron chi connectivity index (χ1n) is 5.14. The van der Waals surface area contributed by atoms with E-state index in [1.807, 2.05) is 24.4 Å². The van der Waals surface area contributed by atoms with Gasteiger partial charge in [-0.3, -0.25) is 4.40 Å². The lowest BCUT2D eigenvalue weighted by molar-refractivity contribution is 1.12. The van der Waals surface area contributed by atoms with E-state index < -0.39 is 0 Å². The maximum atomic E-state index is 5.70. The van der Waals surface area contributed by atoms with Gasteiger partial charge in [-0.2, -0.15) is 11.3 Å². The van der Waals surface area contributed by atoms with Crippen molar-refractivity contribution < 1.29 is 0 Å². The summed E-state index contributed by atoms with van der Waals surface area (Å²) < 4.78 is 1.77. The van der Waals surface area contributed by atoms with Gasteiger partial charge in [0.25, 0.3) is 0 Å². The second-order valence-corrected chi connectivity index (χ2v) is 4.39. The highest BCUT2D eigenvalue weighted by Crippen LogP contribution is 2.15. The molecule has 0 amide bonds. The molecule has 3 aromatic heterocycles. The Bertz CT molecular complexity index is 667. The van der Waals surface area contributed by atoms with Gasteiger partial charge in [-0.1, -0.05) is 12.2 Å². The Kier molecular flexibility index (Phi) is 2.38. The zero-order valence-electron chi connectivity index (χ0n) is 8.95. The minimum Gasteiger partial charge on any atom is -0.368 e. The highest BCUT2D eigenvalue weighted by Gasteiger charge is 2.03. The van der Waals surface area contributed by atoms with E-state index in [4.69, 9.17) is 5.73 Å². The van der Waals surface area contributed by atoms with Crippen LogP contribution in [0.3, 0.4) is 0 Å². The summed E-state index contributed by atoms with van der Waals surface area (Å²) in [5, 5.41) is 12.1. The molecule has 0 spiro atoms. The first-order chi connectivity index (χ1) is 8.34. The standard InChI is InChI=1S/C12H10N4S/c13-12-15-14-11-10(2-1-6-16(11)12)4-3-9-5-7-17-8-9/h1-8H,(H2,13,15). The van der Waals surface area contributed by atoms with Gasteiger partial charge in [-0.25, -0.2) is 0 Å². The zero-order valence-corrected chi connectivity index (χ0v) is 9.76. The monoisotopic (exact) mass is 242 g/mol. The highest BCUT2D eigenvalue weighted by molar-refractivity contribution is 7.08. The molecule has 4 nitrogen and oxygen atoms in total. The van der Waals surface area contributed by atoms with E-state index in [9.17, 15) is 0 Å². The quantitative estimate of drug-likeness (QED) is 0.751. The normalized spacial score (nSPS) is 11.5. The number of aromatic nitrogens is 3. The third-order valence-electron chi connectivity index (χ3n) is 2.49. The van der Waals surface area contributed by atoms with Crippen LogP contribution in [-0.2, 0) is 0 Å². The maximum Gasteiger partial charge on any atom is 0.226 e. The maximum absolute atomic E-state index is 5.70. The van der Waals surface area contributed by atoms with Gasteiger partial charge in [-0.15, -0.1) is 10.2 Å². The first-order valence-corrected chi connectivity index (χ1v) is 6.08. The van der Waals surface area contributed by atoms with Crippen molar-refractivity contribution in [3.63, 3.8) is 0 Å². The van der Waals surface area contributed by atoms with Crippen LogP contribution in [0.25, 0.3) is 17.8 Å². The molecule has 5 heteroatoms. The molecule has 3 aromatic rings. The topological polar surface area (TPSA) is 56.2 Å². The van der Waals surface area contributed by atoms with Crippen LogP contribution in [0.2, 0.25) is 0 Å². The van der Waals surface area contributed by atoms with E-state index in [-0.39, 0.29) is 0 Å². The molecule has 0 saturated heterocycles. The van der Waals surface area contributed by atoms with Crippen molar-refractivity contribution in [1.82, 2.24) is 14.6 Å². The Morgan fingerprint density at radius 3 is 3.00 bits per heavy atom. The SMILES string of the molecule is Nc1nnc2c(C=Cc3ccsc3)cccn12. The lowest BCUT2D eigenvalue weighted by Gasteiger charge is -1.97. The molecule has 84 valence electrons. The molecule has 3 heterocycles. The summed E-state index contributed by atoms with van der Waals surface area (Å²) in [6.45, 7) is 0. The van der Waals surface area contributed by atoms with Crippen molar-refractivity contribution >= 4 is 35.1 Å². The summed E-state index contributed by atoms with van der Waals surface area (Å²) >= 11 is 1.68. The van der Waals surface area contributed by atoms with Crippen LogP contribution in [0.5, 0.6) is 0 Å². The van der Waals surface area contributed by atoms with Crippen LogP contribution < -0.4 is 5.73 Å². The molecular weight excluding hydrogens is 232 g/mol. The van der Waals surface area contributed by atoms with Gasteiger partial charge in [0.2, 0.25) is 5.95 Å². The Hall–Kier alpha value is -2.14. The van der Waals surface area contributed by atoms with Crippen molar-refractivity contribution in [1.29, 1.82) is 0 Å². The summed E-state index contributed by atoms with van der Waals surface area (Å²) in [4.78, 5) is 0. The smallest absolute Gasteiger partial charge is 0.226 e. The van der Waals surface area contributed by atoms with E-state index in [1.54, 1.807) is 15.7 Å². The third-order valence-corrected chi connectivity index (χ3v) is 3.19. The van der Waals surface area contributed by atoms with Gasteiger partial charge < -0.3 is 5.73 Å². The Morgan fingerprint density at radius 2 is 2.18 bits per heavy atom. The fourth-order valence-corrected chi connectivity index (χ4v) is 2.27. The molecule has 0 bridgehead atoms. The number of nitrogens with zero attached hydrogens (tertiary/aromatic N) is 3. The molecule has 3 rings (SSSR count). The predicted octanol–water partition coefficient (Wildman–Crippen LogP) is 2.54. The molecule has 2 N–H and O–H groups in total. The summed E-state index contributed by atoms with van der Waals surface area (Å²) in [6, 6.07) is 5.99. The minimum atomic E-state index is 0.408. The van der Waals surface area contributed by atoms with E-state index in [0.29, 0.717) is 5.95 Å². The average Bonchev–Trinajstić information content (AvgIpc) is 2.97. The Balaban J connectivity index is 2.06. The van der Waals surface area contributed by atoms with Crippen LogP contribution >= 0.6 is 11.3 Å². The predicted molar refractivity (Wildman–Crippen MR) is 70.6 cm³/mol. The zero-order chi connectivity index (χ0) is 11.7. The number of nitrogens with two attached hydrogens (primary N) is 1. The molecule has 0 aliphatic heterocycles. The Morgan fingerprint density at radius 1 is 1.24 bits per heavy atom. The van der Waals surface area contributed by atoms with E-state index in [0.717, 1.165) is 11.2 Å². The molecule has 0 atom stereocenters. The summed E-state index contributed by atoms with van der Waals surface area (Å²) in [6.07, 6.45) is 5.93. The van der Waals surface area contributed by atoms with E-state index in [2.05, 4.69) is 33.1 Å². The van der Waals surface area contributed by atoms with Crippen molar-refractivity contribution in [3.05, 3.63) is 46.3 Å². The fourth-order valence-electron chi connectivity index (χ4n) is 1.64. The number of fused-ring (bicyclic) bond motifs is 1. The largest absolute Gasteiger partial charge is 0.368 e. The van der Waals surface area contributed by atoms with Crippen LogP contribution in [-0.4, -0.2) is 14.6 Å². The van der Waals surface area contributed by atoms with Crippen molar-refractivity contribution in [2.75, 3.05) is 5.73 Å². The molecule has 0 aliphatic carbocycles. The molecule has 0 fully saturated rings. The number of anilines is 1. The van der Waals surface area contributed by atoms with E-state index >= 15 is 0 Å². The van der Waals surface area contributed by atoms with Crippen molar-refractivity contribution in [2.24, 2.45) is 0 Å². The van der Waals surface area contributed by atoms with Gasteiger partial charge >= 0.3 is 0 Å². The summed E-state index contributed by atoms with van der Waals surface area (Å²) in [5.74, 6) is 0.408. The number of hydrogen-bond acceptors (Lipinski definition) is 4. The fraction of sp³-hybridized carbons (Fsp3) is 0. The summed E-state index contributed by atoms with van der Waals surface area (Å²) in [7, 11) is 0. The van der Waals surface area contributed by atoms with Gasteiger partial charge in [0.1, 0.15) is 0 Å². The molecule has 0 saturated carbocycles. The number of pyridine rings is 1. The molecular formula is C12H10N4S. The van der Waals surface area contributed by atoms with Crippen molar-refractivity contribution in [2.45, 2.75) is 0 Å². The van der Waals surface area contributed by atoms with Gasteiger partial charge in [0, 0.05) is 11.8 Å². The Labute approximate surface area is 102 Å². The molecule has 0 aliphatic rings. The lowest BCUT2D eigenvalue weighted by Crippen LogP contribution is -1.93. The number of nitrogen functional groups attached to an aromatic ring is 1. The number of thiophene rings is 1. The van der Waals surface area contributed by atoms with E-state index in [1.165, 1.54) is 5.56 Å². The third kappa shape index (κ3) is 1.81. The highest BCUT2D eigenvalue weighted by atomic mass is 32.1. The van der Waals surface area contributed by atoms with Crippen LogP contribution in [0.4, 0.5) is 5.95 Å². The first kappa shape index (κ1) is 10.0. The van der Waals surface area contributed by atoms with Crippen LogP contribution in [0.1, 0.15) is 11.1 Å². The van der Waals surface area contributed by atoms with Gasteiger partial charge in [0.15, 0.2) is 5.65 Å². The van der Waals surface area contributed by atoms with Crippen LogP contribution in [0.15, 0.2) is 35.2 Å². The number of hydrogen-bond donors (Lipinski definition) is 1. The van der Waals surface area contributed by atoms with Crippen molar-refractivity contribution in [3.8, 4) is 0 Å². The average molecular weight is 242 g/mol. The van der Waals surface area contributed by atoms with Crippen LogP contribution in [0, 0.1) is 0 Å². The second-order valence-electron chi connectivity index (χ2n) is 3.61. The molecule has 0 aromatic carbocycles. The molecule has 0 unspecified atom stereocenters. The number of rotatable bonds is 2. The summed E-state index contributed by atoms with van der Waals surface area (Å²) in [5.41, 5.74) is 8.66. The minimum absolute atomic E-state index is 0.408. The second kappa shape index (κ2) is 4.03. The molecule has 17 heavy (non-hydrogen) atoms. The molecule has 0 radical (unpaired) electrons. The van der Waals surface area contributed by atoms with Gasteiger partial charge in [-0.05, 0) is 34.5 Å².